The molecule has 0 fully saturated rings. The monoisotopic (exact) mass is 430 g/mol. The molecule has 9 nitrogen and oxygen atoms in total. The third-order valence-corrected chi connectivity index (χ3v) is 4.70. The van der Waals surface area contributed by atoms with Crippen LogP contribution in [0.25, 0.3) is 0 Å². The molecular formula is C23H18N4O5. The molecule has 0 spiro atoms. The Morgan fingerprint density at radius 2 is 1.91 bits per heavy atom. The Labute approximate surface area is 183 Å². The number of phenols is 1. The first-order chi connectivity index (χ1) is 15.4. The van der Waals surface area contributed by atoms with Crippen LogP contribution in [0.15, 0.2) is 59.6 Å². The highest BCUT2D eigenvalue weighted by Gasteiger charge is 2.17. The minimum absolute atomic E-state index is 0.00491. The van der Waals surface area contributed by atoms with E-state index in [1.807, 2.05) is 30.1 Å². The summed E-state index contributed by atoms with van der Waals surface area (Å²) in [7, 11) is 1.96. The van der Waals surface area contributed by atoms with Gasteiger partial charge in [0.05, 0.1) is 23.7 Å². The van der Waals surface area contributed by atoms with Crippen molar-refractivity contribution in [2.45, 2.75) is 0 Å². The van der Waals surface area contributed by atoms with Crippen LogP contribution in [0, 0.1) is 11.3 Å². The van der Waals surface area contributed by atoms with Crippen LogP contribution < -0.4 is 9.47 Å². The first-order valence-electron chi connectivity index (χ1n) is 9.63. The summed E-state index contributed by atoms with van der Waals surface area (Å²) in [5, 5.41) is 28.5. The fourth-order valence-electron chi connectivity index (χ4n) is 3.15. The smallest absolute Gasteiger partial charge is 0.336 e. The number of aromatic nitrogens is 1. The minimum atomic E-state index is -1.20. The number of pyridine rings is 1. The molecule has 0 unspecified atom stereocenters. The predicted molar refractivity (Wildman–Crippen MR) is 115 cm³/mol. The Bertz CT molecular complexity index is 1270. The summed E-state index contributed by atoms with van der Waals surface area (Å²) < 4.78 is 11.4. The quantitative estimate of drug-likeness (QED) is 0.607. The number of phenolic OH excluding ortho intramolecular Hbond substituents is 1. The van der Waals surface area contributed by atoms with Crippen molar-refractivity contribution in [3.05, 3.63) is 71.3 Å². The van der Waals surface area contributed by atoms with Crippen molar-refractivity contribution in [2.75, 3.05) is 20.1 Å². The number of nitriles is 1. The Balaban J connectivity index is 1.65. The number of carboxylic acids is 1. The van der Waals surface area contributed by atoms with E-state index in [-0.39, 0.29) is 34.4 Å². The van der Waals surface area contributed by atoms with Crippen LogP contribution in [0.3, 0.4) is 0 Å². The van der Waals surface area contributed by atoms with E-state index in [1.54, 1.807) is 12.1 Å². The molecule has 2 heterocycles. The molecule has 2 aromatic carbocycles. The molecule has 160 valence electrons. The maximum Gasteiger partial charge on any atom is 0.336 e. The van der Waals surface area contributed by atoms with E-state index in [0.717, 1.165) is 24.5 Å². The fraction of sp³-hybridized carbons (Fsp3) is 0.130. The van der Waals surface area contributed by atoms with Crippen LogP contribution >= 0.6 is 0 Å². The average molecular weight is 430 g/mol. The van der Waals surface area contributed by atoms with Crippen molar-refractivity contribution in [1.82, 2.24) is 9.88 Å². The summed E-state index contributed by atoms with van der Waals surface area (Å²) >= 11 is 0. The minimum Gasteiger partial charge on any atom is -0.504 e. The molecule has 0 amide bonds. The summed E-state index contributed by atoms with van der Waals surface area (Å²) in [4.78, 5) is 22.3. The number of rotatable bonds is 6. The van der Waals surface area contributed by atoms with Crippen LogP contribution in [0.2, 0.25) is 0 Å². The molecule has 0 atom stereocenters. The van der Waals surface area contributed by atoms with Gasteiger partial charge in [0.25, 0.3) is 0 Å². The molecule has 32 heavy (non-hydrogen) atoms. The number of carbonyl (C=O) groups is 1. The number of nitrogens with zero attached hydrogens (tertiary/aromatic N) is 4. The highest BCUT2D eigenvalue weighted by atomic mass is 16.5. The topological polar surface area (TPSA) is 128 Å². The molecule has 0 radical (unpaired) electrons. The zero-order valence-electron chi connectivity index (χ0n) is 17.0. The van der Waals surface area contributed by atoms with E-state index in [1.165, 1.54) is 30.3 Å². The van der Waals surface area contributed by atoms with Gasteiger partial charge in [-0.1, -0.05) is 12.1 Å². The number of likely N-dealkylation sites (N-methyl/N-ethyl adjacent to an activating group) is 1. The first kappa shape index (κ1) is 20.7. The first-order valence-corrected chi connectivity index (χ1v) is 9.63. The standard InChI is InChI=1S/C23H18N4O5/c1-27-8-7-25-22(27)15-3-2-4-17(10-15)31-20-11-16(23(29)30)12-21(26-20)32-19-9-14(13-24)5-6-18(19)28/h2-6,9-12,28H,7-8H2,1H3,(H,29,30). The number of hydrogen-bond acceptors (Lipinski definition) is 8. The number of benzene rings is 2. The third kappa shape index (κ3) is 4.44. The van der Waals surface area contributed by atoms with E-state index in [2.05, 4.69) is 9.98 Å². The summed E-state index contributed by atoms with van der Waals surface area (Å²) in [6.07, 6.45) is 0. The van der Waals surface area contributed by atoms with Crippen molar-refractivity contribution in [1.29, 1.82) is 5.26 Å². The van der Waals surface area contributed by atoms with Gasteiger partial charge in [-0.15, -0.1) is 0 Å². The Hall–Kier alpha value is -4.58. The molecular weight excluding hydrogens is 412 g/mol. The number of aliphatic imine (C=N–C) groups is 1. The van der Waals surface area contributed by atoms with Gasteiger partial charge in [0, 0.05) is 37.4 Å². The molecule has 9 heteroatoms. The molecule has 0 bridgehead atoms. The second-order valence-electron chi connectivity index (χ2n) is 6.99. The average Bonchev–Trinajstić information content (AvgIpc) is 3.21. The molecule has 3 aromatic rings. The van der Waals surface area contributed by atoms with E-state index >= 15 is 0 Å². The normalized spacial score (nSPS) is 12.8. The van der Waals surface area contributed by atoms with E-state index < -0.39 is 5.97 Å². The maximum atomic E-state index is 11.6. The van der Waals surface area contributed by atoms with E-state index in [9.17, 15) is 15.0 Å². The van der Waals surface area contributed by atoms with Gasteiger partial charge in [0.15, 0.2) is 11.5 Å². The second kappa shape index (κ2) is 8.65. The Morgan fingerprint density at radius 3 is 2.59 bits per heavy atom. The van der Waals surface area contributed by atoms with Gasteiger partial charge in [-0.05, 0) is 24.3 Å². The molecule has 2 N–H and O–H groups in total. The van der Waals surface area contributed by atoms with Crippen LogP contribution in [0.5, 0.6) is 29.0 Å². The van der Waals surface area contributed by atoms with Gasteiger partial charge in [0.1, 0.15) is 11.6 Å². The van der Waals surface area contributed by atoms with E-state index in [4.69, 9.17) is 14.7 Å². The Kier molecular flexibility index (Phi) is 5.59. The summed E-state index contributed by atoms with van der Waals surface area (Å²) in [6.45, 7) is 1.56. The van der Waals surface area contributed by atoms with Crippen molar-refractivity contribution in [3.8, 4) is 35.1 Å². The van der Waals surface area contributed by atoms with Gasteiger partial charge in [0.2, 0.25) is 11.8 Å². The highest BCUT2D eigenvalue weighted by molar-refractivity contribution is 5.99. The van der Waals surface area contributed by atoms with Crippen molar-refractivity contribution >= 4 is 11.8 Å². The van der Waals surface area contributed by atoms with Crippen molar-refractivity contribution < 1.29 is 24.5 Å². The molecule has 4 rings (SSSR count). The number of ether oxygens (including phenoxy) is 2. The van der Waals surface area contributed by atoms with Crippen molar-refractivity contribution in [2.24, 2.45) is 4.99 Å². The number of hydrogen-bond donors (Lipinski definition) is 2. The Morgan fingerprint density at radius 1 is 1.12 bits per heavy atom. The molecule has 0 saturated heterocycles. The number of aromatic carboxylic acids is 1. The number of aromatic hydroxyl groups is 1. The van der Waals surface area contributed by atoms with E-state index in [0.29, 0.717) is 5.75 Å². The lowest BCUT2D eigenvalue weighted by molar-refractivity contribution is 0.0696. The van der Waals surface area contributed by atoms with Crippen LogP contribution in [0.4, 0.5) is 0 Å². The van der Waals surface area contributed by atoms with Gasteiger partial charge < -0.3 is 24.6 Å². The molecule has 1 aliphatic rings. The molecule has 1 aliphatic heterocycles. The summed E-state index contributed by atoms with van der Waals surface area (Å²) in [5.41, 5.74) is 1.02. The van der Waals surface area contributed by atoms with Crippen LogP contribution in [-0.2, 0) is 0 Å². The summed E-state index contributed by atoms with van der Waals surface area (Å²) in [5.74, 6) is -0.276. The summed E-state index contributed by atoms with van der Waals surface area (Å²) in [6, 6.07) is 15.7. The lowest BCUT2D eigenvalue weighted by Gasteiger charge is -2.15. The third-order valence-electron chi connectivity index (χ3n) is 4.70. The highest BCUT2D eigenvalue weighted by Crippen LogP contribution is 2.33. The SMILES string of the molecule is CN1CCN=C1c1cccc(Oc2cc(C(=O)O)cc(Oc3cc(C#N)ccc3O)n2)c1. The molecule has 0 aliphatic carbocycles. The lowest BCUT2D eigenvalue weighted by Crippen LogP contribution is -2.23. The fourth-order valence-corrected chi connectivity index (χ4v) is 3.15. The lowest BCUT2D eigenvalue weighted by atomic mass is 10.2. The zero-order chi connectivity index (χ0) is 22.7. The van der Waals surface area contributed by atoms with Crippen molar-refractivity contribution in [3.63, 3.8) is 0 Å². The molecule has 0 saturated carbocycles. The van der Waals surface area contributed by atoms with Gasteiger partial charge in [-0.25, -0.2) is 4.79 Å². The number of carboxylic acid groups (broad SMARTS) is 1. The van der Waals surface area contributed by atoms with Crippen LogP contribution in [0.1, 0.15) is 21.5 Å². The van der Waals surface area contributed by atoms with Crippen LogP contribution in [-0.4, -0.2) is 52.0 Å². The van der Waals surface area contributed by atoms with Gasteiger partial charge in [-0.3, -0.25) is 4.99 Å². The zero-order valence-corrected chi connectivity index (χ0v) is 17.0. The largest absolute Gasteiger partial charge is 0.504 e. The van der Waals surface area contributed by atoms with Gasteiger partial charge in [-0.2, -0.15) is 10.2 Å². The molecule has 1 aromatic heterocycles. The van der Waals surface area contributed by atoms with Gasteiger partial charge >= 0.3 is 5.97 Å². The second-order valence-corrected chi connectivity index (χ2v) is 6.99. The maximum absolute atomic E-state index is 11.6. The number of amidine groups is 1. The predicted octanol–water partition coefficient (Wildman–Crippen LogP) is 3.63.